The second-order valence-corrected chi connectivity index (χ2v) is 8.64. The van der Waals surface area contributed by atoms with Gasteiger partial charge in [0, 0.05) is 37.6 Å². The molecule has 0 atom stereocenters. The highest BCUT2D eigenvalue weighted by Crippen LogP contribution is 2.28. The van der Waals surface area contributed by atoms with Gasteiger partial charge in [0.2, 0.25) is 5.91 Å². The summed E-state index contributed by atoms with van der Waals surface area (Å²) < 4.78 is 6.35. The van der Waals surface area contributed by atoms with Crippen LogP contribution in [0.25, 0.3) is 10.2 Å². The molecule has 1 aromatic heterocycles. The third-order valence-corrected chi connectivity index (χ3v) is 6.12. The Balaban J connectivity index is 1.52. The molecule has 1 aliphatic rings. The van der Waals surface area contributed by atoms with Crippen LogP contribution in [0.1, 0.15) is 5.56 Å². The van der Waals surface area contributed by atoms with Crippen LogP contribution in [0.4, 0.5) is 21.3 Å². The first kappa shape index (κ1) is 22.0. The van der Waals surface area contributed by atoms with E-state index in [4.69, 9.17) is 16.2 Å². The van der Waals surface area contributed by atoms with Gasteiger partial charge in [-0.05, 0) is 35.9 Å². The second-order valence-electron chi connectivity index (χ2n) is 7.58. The number of amides is 3. The average molecular weight is 455 g/mol. The zero-order valence-corrected chi connectivity index (χ0v) is 18.4. The molecule has 0 saturated carbocycles. The lowest BCUT2D eigenvalue weighted by atomic mass is 10.1. The van der Waals surface area contributed by atoms with Gasteiger partial charge in [0.1, 0.15) is 0 Å². The van der Waals surface area contributed by atoms with E-state index in [0.717, 1.165) is 41.1 Å². The van der Waals surface area contributed by atoms with Crippen molar-refractivity contribution in [3.63, 3.8) is 0 Å². The Morgan fingerprint density at radius 3 is 2.62 bits per heavy atom. The third kappa shape index (κ3) is 5.52. The number of thiazole rings is 1. The summed E-state index contributed by atoms with van der Waals surface area (Å²) in [5.41, 5.74) is 14.1. The largest absolute Gasteiger partial charge is 0.379 e. The molecule has 1 saturated heterocycles. The number of fused-ring (bicyclic) bond motifs is 1. The maximum absolute atomic E-state index is 13.3. The average Bonchev–Trinajstić information content (AvgIpc) is 3.15. The van der Waals surface area contributed by atoms with E-state index in [-0.39, 0.29) is 12.5 Å². The Morgan fingerprint density at radius 1 is 1.16 bits per heavy atom. The van der Waals surface area contributed by atoms with E-state index >= 15 is 0 Å². The van der Waals surface area contributed by atoms with Crippen LogP contribution in [0.2, 0.25) is 0 Å². The standard InChI is InChI=1S/C22H26N6O3S/c23-20(29)13-15-1-3-16(4-2-15)25-22(30)28(8-7-27-9-11-31-12-10-27)17-5-6-18-19(14-17)32-21(24)26-18/h1-6,14H,7-13H2,(H2,23,29)(H2,24,26)(H,25,30). The molecule has 0 spiro atoms. The molecule has 3 aromatic rings. The Labute approximate surface area is 189 Å². The van der Waals surface area contributed by atoms with Crippen LogP contribution < -0.4 is 21.7 Å². The summed E-state index contributed by atoms with van der Waals surface area (Å²) in [7, 11) is 0. The SMILES string of the molecule is NC(=O)Cc1ccc(NC(=O)N(CCN2CCOCC2)c2ccc3nc(N)sc3c2)cc1. The number of morpholine rings is 1. The maximum Gasteiger partial charge on any atom is 0.326 e. The molecule has 32 heavy (non-hydrogen) atoms. The van der Waals surface area contributed by atoms with Gasteiger partial charge in [0.15, 0.2) is 5.13 Å². The van der Waals surface area contributed by atoms with Crippen molar-refractivity contribution in [1.29, 1.82) is 0 Å². The number of hydrogen-bond donors (Lipinski definition) is 3. The number of primary amides is 1. The number of benzene rings is 2. The van der Waals surface area contributed by atoms with E-state index in [1.807, 2.05) is 18.2 Å². The first-order chi connectivity index (χ1) is 15.5. The van der Waals surface area contributed by atoms with Crippen LogP contribution in [0.3, 0.4) is 0 Å². The normalized spacial score (nSPS) is 14.4. The van der Waals surface area contributed by atoms with E-state index in [9.17, 15) is 9.59 Å². The summed E-state index contributed by atoms with van der Waals surface area (Å²) in [6, 6.07) is 12.6. The van der Waals surface area contributed by atoms with E-state index in [1.54, 1.807) is 29.2 Å². The number of nitrogens with one attached hydrogen (secondary N) is 1. The Kier molecular flexibility index (Phi) is 6.84. The number of aromatic nitrogens is 1. The summed E-state index contributed by atoms with van der Waals surface area (Å²) in [5, 5.41) is 3.45. The number of hydrogen-bond acceptors (Lipinski definition) is 7. The molecule has 1 fully saturated rings. The van der Waals surface area contributed by atoms with E-state index in [0.29, 0.717) is 30.6 Å². The topological polar surface area (TPSA) is 127 Å². The number of nitrogens with two attached hydrogens (primary N) is 2. The molecular weight excluding hydrogens is 428 g/mol. The summed E-state index contributed by atoms with van der Waals surface area (Å²) in [6.07, 6.45) is 0.165. The number of ether oxygens (including phenoxy) is 1. The van der Waals surface area contributed by atoms with Gasteiger partial charge < -0.3 is 21.5 Å². The van der Waals surface area contributed by atoms with Crippen LogP contribution in [-0.2, 0) is 16.0 Å². The van der Waals surface area contributed by atoms with Crippen molar-refractivity contribution in [2.24, 2.45) is 5.73 Å². The second kappa shape index (κ2) is 9.94. The van der Waals surface area contributed by atoms with Gasteiger partial charge in [-0.2, -0.15) is 0 Å². The monoisotopic (exact) mass is 454 g/mol. The van der Waals surface area contributed by atoms with Crippen LogP contribution >= 0.6 is 11.3 Å². The Morgan fingerprint density at radius 2 is 1.91 bits per heavy atom. The van der Waals surface area contributed by atoms with Gasteiger partial charge in [0.05, 0.1) is 29.9 Å². The summed E-state index contributed by atoms with van der Waals surface area (Å²) in [5.74, 6) is -0.393. The fourth-order valence-corrected chi connectivity index (χ4v) is 4.38. The van der Waals surface area contributed by atoms with Crippen molar-refractivity contribution < 1.29 is 14.3 Å². The summed E-state index contributed by atoms with van der Waals surface area (Å²) >= 11 is 1.40. The van der Waals surface area contributed by atoms with Crippen molar-refractivity contribution in [2.45, 2.75) is 6.42 Å². The lowest BCUT2D eigenvalue weighted by Crippen LogP contribution is -2.44. The van der Waals surface area contributed by atoms with E-state index < -0.39 is 5.91 Å². The first-order valence-corrected chi connectivity index (χ1v) is 11.2. The fourth-order valence-electron chi connectivity index (χ4n) is 3.61. The zero-order valence-electron chi connectivity index (χ0n) is 17.6. The molecule has 4 rings (SSSR count). The summed E-state index contributed by atoms with van der Waals surface area (Å²) in [6.45, 7) is 4.36. The molecule has 2 heterocycles. The minimum absolute atomic E-state index is 0.165. The van der Waals surface area contributed by atoms with Crippen molar-refractivity contribution >= 4 is 50.0 Å². The number of urea groups is 1. The number of carbonyl (C=O) groups is 2. The molecule has 168 valence electrons. The van der Waals surface area contributed by atoms with Crippen LogP contribution in [0, 0.1) is 0 Å². The van der Waals surface area contributed by atoms with Crippen LogP contribution in [0.15, 0.2) is 42.5 Å². The number of anilines is 3. The van der Waals surface area contributed by atoms with E-state index in [2.05, 4.69) is 15.2 Å². The minimum atomic E-state index is -0.393. The zero-order chi connectivity index (χ0) is 22.5. The van der Waals surface area contributed by atoms with E-state index in [1.165, 1.54) is 11.3 Å². The molecule has 0 radical (unpaired) electrons. The van der Waals surface area contributed by atoms with Crippen LogP contribution in [0.5, 0.6) is 0 Å². The predicted octanol–water partition coefficient (Wildman–Crippen LogP) is 2.28. The van der Waals surface area contributed by atoms with Crippen LogP contribution in [-0.4, -0.2) is 61.2 Å². The van der Waals surface area contributed by atoms with Crippen molar-refractivity contribution in [2.75, 3.05) is 55.3 Å². The lowest BCUT2D eigenvalue weighted by molar-refractivity contribution is -0.117. The lowest BCUT2D eigenvalue weighted by Gasteiger charge is -2.30. The first-order valence-electron chi connectivity index (χ1n) is 10.4. The highest BCUT2D eigenvalue weighted by atomic mass is 32.1. The molecule has 9 nitrogen and oxygen atoms in total. The van der Waals surface area contributed by atoms with Gasteiger partial charge in [0.25, 0.3) is 0 Å². The molecule has 2 aromatic carbocycles. The molecule has 10 heteroatoms. The van der Waals surface area contributed by atoms with Gasteiger partial charge in [-0.1, -0.05) is 23.5 Å². The molecular formula is C22H26N6O3S. The molecule has 1 aliphatic heterocycles. The number of nitrogens with zero attached hydrogens (tertiary/aromatic N) is 3. The molecule has 5 N–H and O–H groups in total. The molecule has 0 unspecified atom stereocenters. The predicted molar refractivity (Wildman–Crippen MR) is 127 cm³/mol. The minimum Gasteiger partial charge on any atom is -0.379 e. The Bertz CT molecular complexity index is 1090. The van der Waals surface area contributed by atoms with Crippen molar-refractivity contribution in [3.8, 4) is 0 Å². The van der Waals surface area contributed by atoms with Crippen molar-refractivity contribution in [1.82, 2.24) is 9.88 Å². The Hall–Kier alpha value is -3.21. The number of rotatable bonds is 7. The van der Waals surface area contributed by atoms with Gasteiger partial charge >= 0.3 is 6.03 Å². The van der Waals surface area contributed by atoms with Gasteiger partial charge in [-0.15, -0.1) is 0 Å². The number of carbonyl (C=O) groups excluding carboxylic acids is 2. The van der Waals surface area contributed by atoms with Gasteiger partial charge in [-0.25, -0.2) is 9.78 Å². The molecule has 3 amide bonds. The quantitative estimate of drug-likeness (QED) is 0.503. The summed E-state index contributed by atoms with van der Waals surface area (Å²) in [4.78, 5) is 32.7. The third-order valence-electron chi connectivity index (χ3n) is 5.27. The van der Waals surface area contributed by atoms with Crippen molar-refractivity contribution in [3.05, 3.63) is 48.0 Å². The highest BCUT2D eigenvalue weighted by Gasteiger charge is 2.19. The fraction of sp³-hybridized carbons (Fsp3) is 0.318. The number of nitrogen functional groups attached to an aromatic ring is 1. The maximum atomic E-state index is 13.3. The highest BCUT2D eigenvalue weighted by molar-refractivity contribution is 7.22. The van der Waals surface area contributed by atoms with Gasteiger partial charge in [-0.3, -0.25) is 14.6 Å². The smallest absolute Gasteiger partial charge is 0.326 e. The molecule has 0 aliphatic carbocycles. The molecule has 0 bridgehead atoms.